The predicted octanol–water partition coefficient (Wildman–Crippen LogP) is 5.26. The zero-order chi connectivity index (χ0) is 19.0. The van der Waals surface area contributed by atoms with Gasteiger partial charge in [-0.05, 0) is 55.3 Å². The maximum atomic E-state index is 3.61. The van der Waals surface area contributed by atoms with Gasteiger partial charge in [0, 0.05) is 25.7 Å². The molecule has 28 heavy (non-hydrogen) atoms. The summed E-state index contributed by atoms with van der Waals surface area (Å²) in [5.74, 6) is 0. The van der Waals surface area contributed by atoms with Crippen molar-refractivity contribution < 1.29 is 0 Å². The van der Waals surface area contributed by atoms with E-state index in [1.54, 1.807) is 11.1 Å². The van der Waals surface area contributed by atoms with Gasteiger partial charge in [0.15, 0.2) is 0 Å². The molecule has 0 amide bonds. The summed E-state index contributed by atoms with van der Waals surface area (Å²) in [4.78, 5) is 2.73. The molecule has 2 heteroatoms. The van der Waals surface area contributed by atoms with Gasteiger partial charge in [0.25, 0.3) is 0 Å². The van der Waals surface area contributed by atoms with Gasteiger partial charge in [-0.3, -0.25) is 4.90 Å². The van der Waals surface area contributed by atoms with Crippen LogP contribution in [0.4, 0.5) is 0 Å². The Morgan fingerprint density at radius 3 is 2.61 bits per heavy atom. The number of rotatable bonds is 8. The van der Waals surface area contributed by atoms with Gasteiger partial charge in [0.2, 0.25) is 0 Å². The average Bonchev–Trinajstić information content (AvgIpc) is 2.75. The molecule has 0 aromatic heterocycles. The van der Waals surface area contributed by atoms with Crippen molar-refractivity contribution in [2.45, 2.75) is 51.2 Å². The van der Waals surface area contributed by atoms with E-state index in [0.29, 0.717) is 6.04 Å². The molecular formula is C26H32N2. The Hall–Kier alpha value is -2.16. The lowest BCUT2D eigenvalue weighted by Crippen LogP contribution is -2.41. The summed E-state index contributed by atoms with van der Waals surface area (Å²) in [7, 11) is 0. The van der Waals surface area contributed by atoms with E-state index in [4.69, 9.17) is 0 Å². The van der Waals surface area contributed by atoms with Gasteiger partial charge in [-0.25, -0.2) is 0 Å². The quantitative estimate of drug-likeness (QED) is 0.636. The number of hydrogen-bond donors (Lipinski definition) is 1. The summed E-state index contributed by atoms with van der Waals surface area (Å²) < 4.78 is 0. The summed E-state index contributed by atoms with van der Waals surface area (Å²) in [6, 6.07) is 20.4. The number of nitrogens with zero attached hydrogens (tertiary/aromatic N) is 1. The SMILES string of the molecule is C1=CCCC(CC2Cc3ccccc3CN2CCCNCc2ccccc2)=C1. The first-order valence-electron chi connectivity index (χ1n) is 10.8. The first kappa shape index (κ1) is 19.2. The Kier molecular flexibility index (Phi) is 6.75. The van der Waals surface area contributed by atoms with Crippen molar-refractivity contribution in [3.63, 3.8) is 0 Å². The molecule has 1 N–H and O–H groups in total. The van der Waals surface area contributed by atoms with E-state index in [9.17, 15) is 0 Å². The van der Waals surface area contributed by atoms with E-state index in [2.05, 4.69) is 83.0 Å². The van der Waals surface area contributed by atoms with E-state index in [-0.39, 0.29) is 0 Å². The van der Waals surface area contributed by atoms with E-state index >= 15 is 0 Å². The second-order valence-electron chi connectivity index (χ2n) is 8.11. The van der Waals surface area contributed by atoms with Crippen LogP contribution in [0.15, 0.2) is 78.4 Å². The molecule has 4 rings (SSSR count). The lowest BCUT2D eigenvalue weighted by atomic mass is 9.88. The minimum atomic E-state index is 0.641. The molecule has 0 spiro atoms. The fraction of sp³-hybridized carbons (Fsp3) is 0.385. The third kappa shape index (κ3) is 5.21. The minimum absolute atomic E-state index is 0.641. The summed E-state index contributed by atoms with van der Waals surface area (Å²) in [5, 5.41) is 3.61. The van der Waals surface area contributed by atoms with Crippen molar-refractivity contribution in [1.29, 1.82) is 0 Å². The lowest BCUT2D eigenvalue weighted by molar-refractivity contribution is 0.167. The first-order chi connectivity index (χ1) is 13.9. The zero-order valence-electron chi connectivity index (χ0n) is 16.8. The number of allylic oxidation sites excluding steroid dienone is 3. The van der Waals surface area contributed by atoms with Crippen molar-refractivity contribution in [2.24, 2.45) is 0 Å². The van der Waals surface area contributed by atoms with E-state index in [1.165, 1.54) is 49.8 Å². The van der Waals surface area contributed by atoms with Crippen LogP contribution < -0.4 is 5.32 Å². The second-order valence-corrected chi connectivity index (χ2v) is 8.11. The van der Waals surface area contributed by atoms with Crippen molar-refractivity contribution in [3.8, 4) is 0 Å². The maximum absolute atomic E-state index is 3.61. The molecule has 1 atom stereocenters. The van der Waals surface area contributed by atoms with Crippen LogP contribution in [0.1, 0.15) is 42.4 Å². The molecule has 0 bridgehead atoms. The number of benzene rings is 2. The molecule has 146 valence electrons. The standard InChI is InChI=1S/C26H32N2/c1-3-10-22(11-4-1)18-26-19-24-14-7-8-15-25(24)21-28(26)17-9-16-27-20-23-12-5-2-6-13-23/h1-3,5-8,10,12-15,26-27H,4,9,11,16-21H2. The van der Waals surface area contributed by atoms with Crippen molar-refractivity contribution >= 4 is 0 Å². The van der Waals surface area contributed by atoms with Gasteiger partial charge in [-0.2, -0.15) is 0 Å². The largest absolute Gasteiger partial charge is 0.313 e. The normalized spacial score (nSPS) is 19.3. The summed E-state index contributed by atoms with van der Waals surface area (Å²) in [5.41, 5.74) is 6.06. The fourth-order valence-corrected chi connectivity index (χ4v) is 4.47. The van der Waals surface area contributed by atoms with Crippen LogP contribution in [-0.4, -0.2) is 24.0 Å². The molecule has 0 radical (unpaired) electrons. The van der Waals surface area contributed by atoms with E-state index < -0.39 is 0 Å². The van der Waals surface area contributed by atoms with Crippen LogP contribution >= 0.6 is 0 Å². The molecule has 1 unspecified atom stereocenters. The first-order valence-corrected chi connectivity index (χ1v) is 10.8. The van der Waals surface area contributed by atoms with E-state index in [1.807, 2.05) is 0 Å². The van der Waals surface area contributed by atoms with Crippen LogP contribution in [0.3, 0.4) is 0 Å². The molecule has 1 aliphatic carbocycles. The molecule has 2 nitrogen and oxygen atoms in total. The Balaban J connectivity index is 1.32. The van der Waals surface area contributed by atoms with Crippen LogP contribution in [0.5, 0.6) is 0 Å². The van der Waals surface area contributed by atoms with Crippen LogP contribution in [-0.2, 0) is 19.5 Å². The topological polar surface area (TPSA) is 15.3 Å². The number of hydrogen-bond acceptors (Lipinski definition) is 2. The van der Waals surface area contributed by atoms with Crippen molar-refractivity contribution in [1.82, 2.24) is 10.2 Å². The van der Waals surface area contributed by atoms with Gasteiger partial charge < -0.3 is 5.32 Å². The third-order valence-corrected chi connectivity index (χ3v) is 6.03. The monoisotopic (exact) mass is 372 g/mol. The van der Waals surface area contributed by atoms with Crippen molar-refractivity contribution in [3.05, 3.63) is 95.1 Å². The molecule has 0 saturated carbocycles. The van der Waals surface area contributed by atoms with Gasteiger partial charge in [0.1, 0.15) is 0 Å². The molecule has 0 fully saturated rings. The Morgan fingerprint density at radius 2 is 1.79 bits per heavy atom. The van der Waals surface area contributed by atoms with Gasteiger partial charge in [-0.15, -0.1) is 0 Å². The highest BCUT2D eigenvalue weighted by molar-refractivity contribution is 5.31. The molecule has 1 heterocycles. The van der Waals surface area contributed by atoms with Crippen LogP contribution in [0, 0.1) is 0 Å². The summed E-state index contributed by atoms with van der Waals surface area (Å²) >= 11 is 0. The van der Waals surface area contributed by atoms with Gasteiger partial charge in [0.05, 0.1) is 0 Å². The molecule has 2 aromatic rings. The molecule has 2 aromatic carbocycles. The highest BCUT2D eigenvalue weighted by Crippen LogP contribution is 2.29. The van der Waals surface area contributed by atoms with E-state index in [0.717, 1.165) is 19.6 Å². The Labute approximate surface area is 170 Å². The van der Waals surface area contributed by atoms with Gasteiger partial charge in [-0.1, -0.05) is 78.4 Å². The van der Waals surface area contributed by atoms with Crippen LogP contribution in [0.2, 0.25) is 0 Å². The number of nitrogens with one attached hydrogen (secondary N) is 1. The smallest absolute Gasteiger partial charge is 0.0239 e. The molecule has 0 saturated heterocycles. The predicted molar refractivity (Wildman–Crippen MR) is 118 cm³/mol. The zero-order valence-corrected chi connectivity index (χ0v) is 16.8. The summed E-state index contributed by atoms with van der Waals surface area (Å²) in [6.45, 7) is 4.31. The molecular weight excluding hydrogens is 340 g/mol. The maximum Gasteiger partial charge on any atom is 0.0239 e. The molecule has 1 aliphatic heterocycles. The Morgan fingerprint density at radius 1 is 0.964 bits per heavy atom. The second kappa shape index (κ2) is 9.86. The third-order valence-electron chi connectivity index (χ3n) is 6.03. The highest BCUT2D eigenvalue weighted by atomic mass is 15.2. The number of fused-ring (bicyclic) bond motifs is 1. The fourth-order valence-electron chi connectivity index (χ4n) is 4.47. The lowest BCUT2D eigenvalue weighted by Gasteiger charge is -2.38. The Bertz CT molecular complexity index is 806. The summed E-state index contributed by atoms with van der Waals surface area (Å²) in [6.07, 6.45) is 12.9. The average molecular weight is 373 g/mol. The highest BCUT2D eigenvalue weighted by Gasteiger charge is 2.26. The molecule has 2 aliphatic rings. The van der Waals surface area contributed by atoms with Gasteiger partial charge >= 0.3 is 0 Å². The van der Waals surface area contributed by atoms with Crippen molar-refractivity contribution in [2.75, 3.05) is 13.1 Å². The minimum Gasteiger partial charge on any atom is -0.313 e. The van der Waals surface area contributed by atoms with Crippen LogP contribution in [0.25, 0.3) is 0 Å².